The van der Waals surface area contributed by atoms with Crippen molar-refractivity contribution in [2.75, 3.05) is 5.32 Å². The summed E-state index contributed by atoms with van der Waals surface area (Å²) in [7, 11) is -3.62. The summed E-state index contributed by atoms with van der Waals surface area (Å²) in [5.41, 5.74) is 1.99. The summed E-state index contributed by atoms with van der Waals surface area (Å²) in [6, 6.07) is 12.1. The summed E-state index contributed by atoms with van der Waals surface area (Å²) < 4.78 is 35.1. The van der Waals surface area contributed by atoms with Gasteiger partial charge >= 0.3 is 0 Å². The van der Waals surface area contributed by atoms with Gasteiger partial charge in [0.15, 0.2) is 0 Å². The van der Waals surface area contributed by atoms with E-state index in [0.29, 0.717) is 21.2 Å². The van der Waals surface area contributed by atoms with E-state index in [1.807, 2.05) is 4.31 Å². The fourth-order valence-electron chi connectivity index (χ4n) is 5.76. The summed E-state index contributed by atoms with van der Waals surface area (Å²) in [4.78, 5) is 13.0. The van der Waals surface area contributed by atoms with E-state index in [0.717, 1.165) is 62.3 Å². The van der Waals surface area contributed by atoms with Crippen LogP contribution in [0, 0.1) is 0 Å². The molecule has 192 valence electrons. The van der Waals surface area contributed by atoms with Crippen molar-refractivity contribution in [1.29, 1.82) is 0 Å². The number of furan rings is 1. The Hall–Kier alpha value is -2.35. The largest absolute Gasteiger partial charge is 0.464 e. The standard InChI is InChI=1S/C28H33ClN2O4S/c29-21-11-16-27-26(18-21)20(19-35-27)17-28(32)30-22-12-14-25(15-13-22)36(33,34)31(23-7-3-1-4-8-23)24-9-5-2-6-10-24/h11-16,18-19,23-24H,1-10,17H2,(H,30,32). The zero-order valence-electron chi connectivity index (χ0n) is 20.4. The summed E-state index contributed by atoms with van der Waals surface area (Å²) in [5, 5.41) is 4.26. The van der Waals surface area contributed by atoms with Crippen LogP contribution in [-0.2, 0) is 21.2 Å². The van der Waals surface area contributed by atoms with E-state index >= 15 is 0 Å². The Labute approximate surface area is 218 Å². The lowest BCUT2D eigenvalue weighted by Crippen LogP contribution is -2.48. The van der Waals surface area contributed by atoms with Crippen LogP contribution in [0.25, 0.3) is 11.0 Å². The smallest absolute Gasteiger partial charge is 0.243 e. The average molecular weight is 529 g/mol. The van der Waals surface area contributed by atoms with Gasteiger partial charge in [0, 0.05) is 33.7 Å². The molecule has 6 nitrogen and oxygen atoms in total. The molecule has 1 aromatic heterocycles. The van der Waals surface area contributed by atoms with Crippen molar-refractivity contribution >= 4 is 44.2 Å². The van der Waals surface area contributed by atoms with Gasteiger partial charge in [0.05, 0.1) is 17.6 Å². The molecule has 5 rings (SSSR count). The molecule has 1 N–H and O–H groups in total. The predicted molar refractivity (Wildman–Crippen MR) is 143 cm³/mol. The van der Waals surface area contributed by atoms with Crippen LogP contribution in [0.5, 0.6) is 0 Å². The minimum Gasteiger partial charge on any atom is -0.464 e. The second-order valence-corrected chi connectivity index (χ2v) is 12.3. The number of carbonyl (C=O) groups is 1. The Morgan fingerprint density at radius 1 is 0.917 bits per heavy atom. The molecule has 0 atom stereocenters. The third-order valence-electron chi connectivity index (χ3n) is 7.55. The summed E-state index contributed by atoms with van der Waals surface area (Å²) in [6.07, 6.45) is 12.2. The molecule has 2 saturated carbocycles. The number of carbonyl (C=O) groups excluding carboxylic acids is 1. The maximum atomic E-state index is 13.8. The molecule has 0 aliphatic heterocycles. The minimum atomic E-state index is -3.62. The number of nitrogens with zero attached hydrogens (tertiary/aromatic N) is 1. The SMILES string of the molecule is O=C(Cc1coc2ccc(Cl)cc12)Nc1ccc(S(=O)(=O)N(C2CCCCC2)C2CCCCC2)cc1. The first-order chi connectivity index (χ1) is 17.4. The van der Waals surface area contributed by atoms with Gasteiger partial charge in [-0.05, 0) is 68.1 Å². The molecular formula is C28H33ClN2O4S. The fraction of sp³-hybridized carbons (Fsp3) is 0.464. The molecule has 0 saturated heterocycles. The van der Waals surface area contributed by atoms with Crippen LogP contribution in [0.15, 0.2) is 58.0 Å². The second-order valence-electron chi connectivity index (χ2n) is 10.1. The van der Waals surface area contributed by atoms with Gasteiger partial charge in [-0.1, -0.05) is 50.1 Å². The lowest BCUT2D eigenvalue weighted by Gasteiger charge is -2.40. The number of rotatable bonds is 7. The molecule has 36 heavy (non-hydrogen) atoms. The third-order valence-corrected chi connectivity index (χ3v) is 9.80. The number of hydrogen-bond acceptors (Lipinski definition) is 4. The van der Waals surface area contributed by atoms with Crippen molar-refractivity contribution < 1.29 is 17.6 Å². The van der Waals surface area contributed by atoms with Crippen molar-refractivity contribution in [2.24, 2.45) is 0 Å². The number of fused-ring (bicyclic) bond motifs is 1. The quantitative estimate of drug-likeness (QED) is 0.361. The van der Waals surface area contributed by atoms with Gasteiger partial charge in [-0.3, -0.25) is 4.79 Å². The van der Waals surface area contributed by atoms with Crippen molar-refractivity contribution in [2.45, 2.75) is 87.6 Å². The maximum absolute atomic E-state index is 13.8. The lowest BCUT2D eigenvalue weighted by molar-refractivity contribution is -0.115. The average Bonchev–Trinajstić information content (AvgIpc) is 3.27. The molecule has 2 fully saturated rings. The minimum absolute atomic E-state index is 0.0875. The molecule has 0 radical (unpaired) electrons. The molecular weight excluding hydrogens is 496 g/mol. The Bertz CT molecular complexity index is 1290. The van der Waals surface area contributed by atoms with Gasteiger partial charge < -0.3 is 9.73 Å². The molecule has 2 aromatic carbocycles. The molecule has 1 amide bonds. The van der Waals surface area contributed by atoms with Crippen LogP contribution in [0.4, 0.5) is 5.69 Å². The molecule has 3 aromatic rings. The maximum Gasteiger partial charge on any atom is 0.243 e. The first kappa shape index (κ1) is 25.3. The van der Waals surface area contributed by atoms with Crippen molar-refractivity contribution in [3.63, 3.8) is 0 Å². The first-order valence-electron chi connectivity index (χ1n) is 13.0. The molecule has 2 aliphatic carbocycles. The van der Waals surface area contributed by atoms with Crippen LogP contribution in [-0.4, -0.2) is 30.7 Å². The normalized spacial score (nSPS) is 18.1. The topological polar surface area (TPSA) is 79.6 Å². The molecule has 1 heterocycles. The number of nitrogens with one attached hydrogen (secondary N) is 1. The lowest BCUT2D eigenvalue weighted by atomic mass is 9.91. The monoisotopic (exact) mass is 528 g/mol. The van der Waals surface area contributed by atoms with E-state index < -0.39 is 10.0 Å². The number of benzene rings is 2. The van der Waals surface area contributed by atoms with Gasteiger partial charge in [0.1, 0.15) is 5.58 Å². The van der Waals surface area contributed by atoms with E-state index in [2.05, 4.69) is 5.32 Å². The highest BCUT2D eigenvalue weighted by Crippen LogP contribution is 2.35. The van der Waals surface area contributed by atoms with Crippen LogP contribution in [0.2, 0.25) is 5.02 Å². The molecule has 0 bridgehead atoms. The van der Waals surface area contributed by atoms with Crippen LogP contribution in [0.1, 0.15) is 69.8 Å². The van der Waals surface area contributed by atoms with E-state index in [1.165, 1.54) is 12.8 Å². The van der Waals surface area contributed by atoms with E-state index in [-0.39, 0.29) is 24.4 Å². The van der Waals surface area contributed by atoms with Crippen molar-refractivity contribution in [1.82, 2.24) is 4.31 Å². The van der Waals surface area contributed by atoms with E-state index in [9.17, 15) is 13.2 Å². The van der Waals surface area contributed by atoms with Crippen molar-refractivity contribution in [3.05, 3.63) is 59.3 Å². The molecule has 0 spiro atoms. The molecule has 2 aliphatic rings. The Kier molecular flexibility index (Phi) is 7.70. The van der Waals surface area contributed by atoms with Gasteiger partial charge in [-0.15, -0.1) is 0 Å². The number of halogens is 1. The number of anilines is 1. The Morgan fingerprint density at radius 2 is 1.53 bits per heavy atom. The van der Waals surface area contributed by atoms with Crippen LogP contribution >= 0.6 is 11.6 Å². The van der Waals surface area contributed by atoms with Gasteiger partial charge in [-0.25, -0.2) is 8.42 Å². The van der Waals surface area contributed by atoms with E-state index in [1.54, 1.807) is 48.7 Å². The first-order valence-corrected chi connectivity index (χ1v) is 14.8. The predicted octanol–water partition coefficient (Wildman–Crippen LogP) is 6.92. The van der Waals surface area contributed by atoms with Gasteiger partial charge in [0.2, 0.25) is 15.9 Å². The third kappa shape index (κ3) is 5.48. The molecule has 8 heteroatoms. The number of amides is 1. The Balaban J connectivity index is 1.30. The van der Waals surface area contributed by atoms with Crippen LogP contribution < -0.4 is 5.32 Å². The van der Waals surface area contributed by atoms with Crippen LogP contribution in [0.3, 0.4) is 0 Å². The zero-order valence-corrected chi connectivity index (χ0v) is 22.0. The summed E-state index contributed by atoms with van der Waals surface area (Å²) >= 11 is 6.09. The van der Waals surface area contributed by atoms with Crippen molar-refractivity contribution in [3.8, 4) is 0 Å². The summed E-state index contributed by atoms with van der Waals surface area (Å²) in [6.45, 7) is 0. The fourth-order valence-corrected chi connectivity index (χ4v) is 7.86. The van der Waals surface area contributed by atoms with E-state index in [4.69, 9.17) is 16.0 Å². The highest BCUT2D eigenvalue weighted by molar-refractivity contribution is 7.89. The highest BCUT2D eigenvalue weighted by atomic mass is 35.5. The second kappa shape index (κ2) is 11.0. The number of hydrogen-bond donors (Lipinski definition) is 1. The highest BCUT2D eigenvalue weighted by Gasteiger charge is 2.38. The number of sulfonamides is 1. The zero-order chi connectivity index (χ0) is 25.1. The molecule has 0 unspecified atom stereocenters. The Morgan fingerprint density at radius 3 is 2.14 bits per heavy atom. The van der Waals surface area contributed by atoms with Gasteiger partial charge in [-0.2, -0.15) is 4.31 Å². The summed E-state index contributed by atoms with van der Waals surface area (Å²) in [5.74, 6) is -0.209. The van der Waals surface area contributed by atoms with Gasteiger partial charge in [0.25, 0.3) is 0 Å².